The van der Waals surface area contributed by atoms with E-state index in [4.69, 9.17) is 0 Å². The van der Waals surface area contributed by atoms with Crippen LogP contribution in [0.25, 0.3) is 0 Å². The number of aromatic carboxylic acids is 1. The lowest BCUT2D eigenvalue weighted by molar-refractivity contribution is -0.129. The molecule has 7 heteroatoms. The minimum atomic E-state index is -1.06. The van der Waals surface area contributed by atoms with E-state index in [9.17, 15) is 19.5 Å². The molecule has 2 aromatic carbocycles. The van der Waals surface area contributed by atoms with Gasteiger partial charge in [0.15, 0.2) is 0 Å². The van der Waals surface area contributed by atoms with Gasteiger partial charge in [-0.15, -0.1) is 0 Å². The highest BCUT2D eigenvalue weighted by molar-refractivity contribution is 6.05. The Hall–Kier alpha value is -3.35. The Bertz CT molecular complexity index is 859. The van der Waals surface area contributed by atoms with Crippen LogP contribution >= 0.6 is 0 Å². The van der Waals surface area contributed by atoms with Crippen LogP contribution in [0.1, 0.15) is 27.6 Å². The molecule has 1 aliphatic heterocycles. The second-order valence-electron chi connectivity index (χ2n) is 6.35. The summed E-state index contributed by atoms with van der Waals surface area (Å²) in [6.07, 6.45) is 0. The zero-order chi connectivity index (χ0) is 19.4. The molecule has 3 rings (SSSR count). The molecule has 0 bridgehead atoms. The first-order chi connectivity index (χ1) is 13.0. The van der Waals surface area contributed by atoms with Crippen molar-refractivity contribution in [3.63, 3.8) is 0 Å². The molecule has 0 atom stereocenters. The van der Waals surface area contributed by atoms with Gasteiger partial charge in [-0.25, -0.2) is 4.79 Å². The normalized spacial score (nSPS) is 14.0. The Labute approximate surface area is 157 Å². The number of piperazine rings is 1. The quantitative estimate of drug-likeness (QED) is 0.865. The standard InChI is InChI=1S/C20H21N3O4/c1-14(24)22-9-11-23(12-10-22)18-8-7-16(13-17(18)20(26)27)21-19(25)15-5-3-2-4-6-15/h2-8,13H,9-12H2,1H3,(H,21,25)(H,26,27). The Morgan fingerprint density at radius 3 is 2.22 bits per heavy atom. The van der Waals surface area contributed by atoms with Crippen LogP contribution < -0.4 is 10.2 Å². The third-order valence-electron chi connectivity index (χ3n) is 4.59. The van der Waals surface area contributed by atoms with Crippen LogP contribution in [-0.2, 0) is 4.79 Å². The second kappa shape index (κ2) is 7.90. The van der Waals surface area contributed by atoms with E-state index in [0.717, 1.165) is 0 Å². The van der Waals surface area contributed by atoms with Gasteiger partial charge in [0.1, 0.15) is 0 Å². The zero-order valence-electron chi connectivity index (χ0n) is 15.0. The lowest BCUT2D eigenvalue weighted by Gasteiger charge is -2.36. The number of carbonyl (C=O) groups excluding carboxylic acids is 2. The number of hydrogen-bond acceptors (Lipinski definition) is 4. The highest BCUT2D eigenvalue weighted by Gasteiger charge is 2.23. The monoisotopic (exact) mass is 367 g/mol. The number of carboxylic acids is 1. The van der Waals surface area contributed by atoms with Crippen molar-refractivity contribution in [1.29, 1.82) is 0 Å². The Kier molecular flexibility index (Phi) is 5.40. The molecule has 27 heavy (non-hydrogen) atoms. The Morgan fingerprint density at radius 1 is 0.963 bits per heavy atom. The third-order valence-corrected chi connectivity index (χ3v) is 4.59. The van der Waals surface area contributed by atoms with Gasteiger partial charge in [0.25, 0.3) is 5.91 Å². The zero-order valence-corrected chi connectivity index (χ0v) is 15.0. The largest absolute Gasteiger partial charge is 0.478 e. The first-order valence-corrected chi connectivity index (χ1v) is 8.70. The molecule has 0 aliphatic carbocycles. The van der Waals surface area contributed by atoms with E-state index >= 15 is 0 Å². The topological polar surface area (TPSA) is 90.0 Å². The van der Waals surface area contributed by atoms with Gasteiger partial charge in [-0.05, 0) is 30.3 Å². The highest BCUT2D eigenvalue weighted by atomic mass is 16.4. The number of nitrogens with zero attached hydrogens (tertiary/aromatic N) is 2. The number of carbonyl (C=O) groups is 3. The molecule has 7 nitrogen and oxygen atoms in total. The fourth-order valence-electron chi connectivity index (χ4n) is 3.12. The van der Waals surface area contributed by atoms with Gasteiger partial charge >= 0.3 is 5.97 Å². The molecule has 2 aromatic rings. The summed E-state index contributed by atoms with van der Waals surface area (Å²) in [4.78, 5) is 39.2. The summed E-state index contributed by atoms with van der Waals surface area (Å²) in [7, 11) is 0. The van der Waals surface area contributed by atoms with E-state index in [1.54, 1.807) is 41.3 Å². The van der Waals surface area contributed by atoms with Crippen LogP contribution in [0.4, 0.5) is 11.4 Å². The highest BCUT2D eigenvalue weighted by Crippen LogP contribution is 2.26. The summed E-state index contributed by atoms with van der Waals surface area (Å²) in [5.41, 5.74) is 1.63. The molecule has 140 valence electrons. The smallest absolute Gasteiger partial charge is 0.337 e. The first kappa shape index (κ1) is 18.4. The number of amides is 2. The molecule has 0 spiro atoms. The molecule has 1 aliphatic rings. The summed E-state index contributed by atoms with van der Waals surface area (Å²) in [5, 5.41) is 12.3. The van der Waals surface area contributed by atoms with E-state index in [2.05, 4.69) is 5.32 Å². The minimum absolute atomic E-state index is 0.0204. The van der Waals surface area contributed by atoms with Crippen LogP contribution in [0.5, 0.6) is 0 Å². The molecule has 1 fully saturated rings. The van der Waals surface area contributed by atoms with Crippen LogP contribution in [0, 0.1) is 0 Å². The first-order valence-electron chi connectivity index (χ1n) is 8.70. The summed E-state index contributed by atoms with van der Waals surface area (Å²) < 4.78 is 0. The van der Waals surface area contributed by atoms with Gasteiger partial charge < -0.3 is 20.2 Å². The lowest BCUT2D eigenvalue weighted by atomic mass is 10.1. The predicted octanol–water partition coefficient (Wildman–Crippen LogP) is 2.31. The summed E-state index contributed by atoms with van der Waals surface area (Å²) in [6, 6.07) is 13.6. The van der Waals surface area contributed by atoms with Crippen molar-refractivity contribution in [2.75, 3.05) is 36.4 Å². The van der Waals surface area contributed by atoms with Gasteiger partial charge in [-0.3, -0.25) is 9.59 Å². The fourth-order valence-corrected chi connectivity index (χ4v) is 3.12. The van der Waals surface area contributed by atoms with Gasteiger partial charge in [-0.2, -0.15) is 0 Å². The molecule has 0 unspecified atom stereocenters. The van der Waals surface area contributed by atoms with Gasteiger partial charge in [0, 0.05) is 44.4 Å². The van der Waals surface area contributed by atoms with Crippen molar-refractivity contribution >= 4 is 29.2 Å². The minimum Gasteiger partial charge on any atom is -0.478 e. The second-order valence-corrected chi connectivity index (χ2v) is 6.35. The number of carboxylic acid groups (broad SMARTS) is 1. The van der Waals surface area contributed by atoms with Crippen LogP contribution in [0.3, 0.4) is 0 Å². The summed E-state index contributed by atoms with van der Waals surface area (Å²) in [5.74, 6) is -1.34. The maximum absolute atomic E-state index is 12.3. The number of benzene rings is 2. The molecule has 1 saturated heterocycles. The van der Waals surface area contributed by atoms with Crippen molar-refractivity contribution in [3.05, 3.63) is 59.7 Å². The van der Waals surface area contributed by atoms with E-state index in [1.807, 2.05) is 11.0 Å². The SMILES string of the molecule is CC(=O)N1CCN(c2ccc(NC(=O)c3ccccc3)cc2C(=O)O)CC1. The van der Waals surface area contributed by atoms with E-state index in [0.29, 0.717) is 43.1 Å². The van der Waals surface area contributed by atoms with Gasteiger partial charge in [-0.1, -0.05) is 18.2 Å². The van der Waals surface area contributed by atoms with Crippen molar-refractivity contribution in [3.8, 4) is 0 Å². The van der Waals surface area contributed by atoms with Gasteiger partial charge in [0.2, 0.25) is 5.91 Å². The average molecular weight is 367 g/mol. The summed E-state index contributed by atoms with van der Waals surface area (Å²) in [6.45, 7) is 3.77. The van der Waals surface area contributed by atoms with Crippen molar-refractivity contribution < 1.29 is 19.5 Å². The third kappa shape index (κ3) is 4.25. The number of anilines is 2. The number of hydrogen-bond donors (Lipinski definition) is 2. The average Bonchev–Trinajstić information content (AvgIpc) is 2.68. The maximum atomic E-state index is 12.3. The number of nitrogens with one attached hydrogen (secondary N) is 1. The Balaban J connectivity index is 1.78. The summed E-state index contributed by atoms with van der Waals surface area (Å²) >= 11 is 0. The van der Waals surface area contributed by atoms with Crippen LogP contribution in [0.2, 0.25) is 0 Å². The fraction of sp³-hybridized carbons (Fsp3) is 0.250. The predicted molar refractivity (Wildman–Crippen MR) is 102 cm³/mol. The van der Waals surface area contributed by atoms with Crippen molar-refractivity contribution in [2.24, 2.45) is 0 Å². The molecular formula is C20H21N3O4. The molecule has 1 heterocycles. The molecular weight excluding hydrogens is 346 g/mol. The molecule has 0 aromatic heterocycles. The van der Waals surface area contributed by atoms with Crippen molar-refractivity contribution in [1.82, 2.24) is 4.90 Å². The lowest BCUT2D eigenvalue weighted by Crippen LogP contribution is -2.48. The van der Waals surface area contributed by atoms with E-state index < -0.39 is 5.97 Å². The maximum Gasteiger partial charge on any atom is 0.337 e. The number of rotatable bonds is 4. The van der Waals surface area contributed by atoms with Crippen molar-refractivity contribution in [2.45, 2.75) is 6.92 Å². The van der Waals surface area contributed by atoms with Crippen LogP contribution in [0.15, 0.2) is 48.5 Å². The van der Waals surface area contributed by atoms with E-state index in [1.165, 1.54) is 13.0 Å². The molecule has 2 N–H and O–H groups in total. The molecule has 0 radical (unpaired) electrons. The Morgan fingerprint density at radius 2 is 1.63 bits per heavy atom. The molecule has 2 amide bonds. The van der Waals surface area contributed by atoms with Gasteiger partial charge in [0.05, 0.1) is 11.3 Å². The van der Waals surface area contributed by atoms with Crippen LogP contribution in [-0.4, -0.2) is 54.0 Å². The van der Waals surface area contributed by atoms with E-state index in [-0.39, 0.29) is 17.4 Å². The molecule has 0 saturated carbocycles.